The summed E-state index contributed by atoms with van der Waals surface area (Å²) in [4.78, 5) is 17.0. The number of rotatable bonds is 3. The van der Waals surface area contributed by atoms with Gasteiger partial charge in [0.2, 0.25) is 0 Å². The molecule has 1 amide bonds. The first-order chi connectivity index (χ1) is 12.7. The second-order valence-electron chi connectivity index (χ2n) is 7.01. The number of carbonyl (C=O) groups is 1. The van der Waals surface area contributed by atoms with Crippen LogP contribution in [0.25, 0.3) is 0 Å². The molecule has 26 heavy (non-hydrogen) atoms. The lowest BCUT2D eigenvalue weighted by Crippen LogP contribution is -2.32. The number of benzene rings is 2. The van der Waals surface area contributed by atoms with Gasteiger partial charge < -0.3 is 9.64 Å². The first-order valence-corrected chi connectivity index (χ1v) is 9.21. The Morgan fingerprint density at radius 3 is 2.58 bits per heavy atom. The Balaban J connectivity index is 1.52. The van der Waals surface area contributed by atoms with Gasteiger partial charge in [0.05, 0.1) is 6.54 Å². The molecule has 2 heterocycles. The zero-order valence-corrected chi connectivity index (χ0v) is 14.8. The normalized spacial score (nSPS) is 17.5. The molecule has 0 aromatic heterocycles. The van der Waals surface area contributed by atoms with E-state index in [1.165, 1.54) is 42.7 Å². The molecule has 2 aromatic rings. The van der Waals surface area contributed by atoms with E-state index in [9.17, 15) is 9.18 Å². The fraction of sp³-hybridized carbons (Fsp3) is 0.381. The molecule has 1 fully saturated rings. The number of amides is 1. The number of hydrogen-bond acceptors (Lipinski definition) is 3. The molecule has 0 spiro atoms. The predicted molar refractivity (Wildman–Crippen MR) is 97.6 cm³/mol. The maximum Gasteiger partial charge on any atom is 0.254 e. The van der Waals surface area contributed by atoms with E-state index in [4.69, 9.17) is 4.74 Å². The van der Waals surface area contributed by atoms with Gasteiger partial charge in [0.1, 0.15) is 18.2 Å². The van der Waals surface area contributed by atoms with Crippen LogP contribution in [0, 0.1) is 5.82 Å². The van der Waals surface area contributed by atoms with Crippen molar-refractivity contribution >= 4 is 5.91 Å². The summed E-state index contributed by atoms with van der Waals surface area (Å²) < 4.78 is 19.0. The van der Waals surface area contributed by atoms with Gasteiger partial charge in [0.25, 0.3) is 5.91 Å². The zero-order chi connectivity index (χ0) is 17.9. The van der Waals surface area contributed by atoms with E-state index in [1.807, 2.05) is 6.07 Å². The van der Waals surface area contributed by atoms with Crippen molar-refractivity contribution in [3.8, 4) is 5.75 Å². The molecule has 0 atom stereocenters. The van der Waals surface area contributed by atoms with Crippen molar-refractivity contribution in [1.29, 1.82) is 0 Å². The van der Waals surface area contributed by atoms with Gasteiger partial charge in [-0.05, 0) is 67.9 Å². The van der Waals surface area contributed by atoms with Gasteiger partial charge in [-0.25, -0.2) is 4.39 Å². The summed E-state index contributed by atoms with van der Waals surface area (Å²) >= 11 is 0. The zero-order valence-electron chi connectivity index (χ0n) is 14.8. The van der Waals surface area contributed by atoms with Crippen LogP contribution < -0.4 is 4.74 Å². The van der Waals surface area contributed by atoms with Crippen molar-refractivity contribution in [2.45, 2.75) is 25.9 Å². The summed E-state index contributed by atoms with van der Waals surface area (Å²) in [5.74, 6) is 0.425. The van der Waals surface area contributed by atoms with Crippen LogP contribution in [0.15, 0.2) is 42.5 Å². The number of hydrogen-bond donors (Lipinski definition) is 0. The molecule has 1 saturated heterocycles. The monoisotopic (exact) mass is 354 g/mol. The predicted octanol–water partition coefficient (Wildman–Crippen LogP) is 3.46. The van der Waals surface area contributed by atoms with Crippen molar-refractivity contribution in [1.82, 2.24) is 9.80 Å². The topological polar surface area (TPSA) is 32.8 Å². The molecule has 0 saturated carbocycles. The van der Waals surface area contributed by atoms with Gasteiger partial charge in [-0.3, -0.25) is 9.69 Å². The number of nitrogens with zero attached hydrogens (tertiary/aromatic N) is 2. The number of ether oxygens (including phenoxy) is 1. The van der Waals surface area contributed by atoms with E-state index < -0.39 is 0 Å². The maximum atomic E-state index is 13.1. The third-order valence-electron chi connectivity index (χ3n) is 5.09. The van der Waals surface area contributed by atoms with Crippen molar-refractivity contribution in [3.05, 3.63) is 65.0 Å². The minimum Gasteiger partial charge on any atom is -0.491 e. The molecule has 0 aliphatic carbocycles. The van der Waals surface area contributed by atoms with Crippen molar-refractivity contribution in [2.75, 3.05) is 26.2 Å². The molecule has 0 bridgehead atoms. The van der Waals surface area contributed by atoms with E-state index in [0.717, 1.165) is 30.9 Å². The Morgan fingerprint density at radius 2 is 1.81 bits per heavy atom. The molecule has 2 aromatic carbocycles. The Kier molecular flexibility index (Phi) is 4.89. The van der Waals surface area contributed by atoms with Gasteiger partial charge in [-0.1, -0.05) is 6.07 Å². The second kappa shape index (κ2) is 7.46. The smallest absolute Gasteiger partial charge is 0.254 e. The van der Waals surface area contributed by atoms with Crippen LogP contribution in [0.1, 0.15) is 34.3 Å². The Bertz CT molecular complexity index is 785. The fourth-order valence-electron chi connectivity index (χ4n) is 3.69. The van der Waals surface area contributed by atoms with E-state index in [2.05, 4.69) is 17.0 Å². The van der Waals surface area contributed by atoms with Gasteiger partial charge in [0, 0.05) is 24.2 Å². The highest BCUT2D eigenvalue weighted by molar-refractivity contribution is 5.94. The number of halogens is 1. The van der Waals surface area contributed by atoms with Gasteiger partial charge in [-0.2, -0.15) is 0 Å². The van der Waals surface area contributed by atoms with E-state index in [-0.39, 0.29) is 11.7 Å². The van der Waals surface area contributed by atoms with Crippen LogP contribution in [-0.4, -0.2) is 41.9 Å². The fourth-order valence-corrected chi connectivity index (χ4v) is 3.69. The molecule has 4 rings (SSSR count). The summed E-state index contributed by atoms with van der Waals surface area (Å²) in [7, 11) is 0. The SMILES string of the molecule is O=C(c1ccc(F)cc1)N1CCOc2ccc(CN3CCCC3)cc2C1. The highest BCUT2D eigenvalue weighted by atomic mass is 19.1. The lowest BCUT2D eigenvalue weighted by Gasteiger charge is -2.20. The Hall–Kier alpha value is -2.40. The number of fused-ring (bicyclic) bond motifs is 1. The third kappa shape index (κ3) is 3.73. The average molecular weight is 354 g/mol. The van der Waals surface area contributed by atoms with Gasteiger partial charge >= 0.3 is 0 Å². The lowest BCUT2D eigenvalue weighted by atomic mass is 10.1. The van der Waals surface area contributed by atoms with Crippen LogP contribution in [0.3, 0.4) is 0 Å². The lowest BCUT2D eigenvalue weighted by molar-refractivity contribution is 0.0733. The summed E-state index contributed by atoms with van der Waals surface area (Å²) in [5.41, 5.74) is 2.79. The number of carbonyl (C=O) groups excluding carboxylic acids is 1. The molecule has 0 radical (unpaired) electrons. The molecule has 4 nitrogen and oxygen atoms in total. The first kappa shape index (κ1) is 17.0. The molecule has 5 heteroatoms. The van der Waals surface area contributed by atoms with Crippen molar-refractivity contribution in [3.63, 3.8) is 0 Å². The minimum absolute atomic E-state index is 0.0913. The van der Waals surface area contributed by atoms with Crippen LogP contribution in [-0.2, 0) is 13.1 Å². The molecular formula is C21H23FN2O2. The van der Waals surface area contributed by atoms with Gasteiger partial charge in [0.15, 0.2) is 0 Å². The van der Waals surface area contributed by atoms with Crippen molar-refractivity contribution < 1.29 is 13.9 Å². The summed E-state index contributed by atoms with van der Waals surface area (Å²) in [6, 6.07) is 12.0. The maximum absolute atomic E-state index is 13.1. The van der Waals surface area contributed by atoms with Gasteiger partial charge in [-0.15, -0.1) is 0 Å². The quantitative estimate of drug-likeness (QED) is 0.846. The van der Waals surface area contributed by atoms with Crippen LogP contribution in [0.5, 0.6) is 5.75 Å². The highest BCUT2D eigenvalue weighted by Gasteiger charge is 2.22. The minimum atomic E-state index is -0.336. The van der Waals surface area contributed by atoms with Crippen LogP contribution in [0.4, 0.5) is 4.39 Å². The summed E-state index contributed by atoms with van der Waals surface area (Å²) in [6.45, 7) is 4.75. The summed E-state index contributed by atoms with van der Waals surface area (Å²) in [5, 5.41) is 0. The molecular weight excluding hydrogens is 331 g/mol. The Morgan fingerprint density at radius 1 is 1.04 bits per heavy atom. The standard InChI is InChI=1S/C21H23FN2O2/c22-19-6-4-17(5-7-19)21(25)24-11-12-26-20-8-3-16(13-18(20)15-24)14-23-9-1-2-10-23/h3-8,13H,1-2,9-12,14-15H2. The molecule has 0 N–H and O–H groups in total. The summed E-state index contributed by atoms with van der Waals surface area (Å²) in [6.07, 6.45) is 2.54. The first-order valence-electron chi connectivity index (χ1n) is 9.21. The number of likely N-dealkylation sites (tertiary alicyclic amines) is 1. The van der Waals surface area contributed by atoms with Crippen LogP contribution >= 0.6 is 0 Å². The molecule has 136 valence electrons. The molecule has 2 aliphatic heterocycles. The second-order valence-corrected chi connectivity index (χ2v) is 7.01. The molecule has 2 aliphatic rings. The van der Waals surface area contributed by atoms with Crippen LogP contribution in [0.2, 0.25) is 0 Å². The largest absolute Gasteiger partial charge is 0.491 e. The Labute approximate surface area is 153 Å². The van der Waals surface area contributed by atoms with E-state index in [0.29, 0.717) is 25.3 Å². The highest BCUT2D eigenvalue weighted by Crippen LogP contribution is 2.26. The molecule has 0 unspecified atom stereocenters. The van der Waals surface area contributed by atoms with Crippen molar-refractivity contribution in [2.24, 2.45) is 0 Å². The average Bonchev–Trinajstić information content (AvgIpc) is 3.06. The van der Waals surface area contributed by atoms with E-state index in [1.54, 1.807) is 4.90 Å². The van der Waals surface area contributed by atoms with E-state index >= 15 is 0 Å². The third-order valence-corrected chi connectivity index (χ3v) is 5.09.